The number of amides is 1. The summed E-state index contributed by atoms with van der Waals surface area (Å²) in [6, 6.07) is 5.30. The number of aliphatic hydroxyl groups is 1. The fourth-order valence-electron chi connectivity index (χ4n) is 5.32. The molecule has 0 aromatic heterocycles. The minimum absolute atomic E-state index is 0.0274. The van der Waals surface area contributed by atoms with Gasteiger partial charge in [-0.1, -0.05) is 36.8 Å². The molecule has 1 heterocycles. The van der Waals surface area contributed by atoms with E-state index in [0.29, 0.717) is 18.4 Å². The number of alkyl halides is 3. The van der Waals surface area contributed by atoms with Crippen molar-refractivity contribution in [2.75, 3.05) is 0 Å². The van der Waals surface area contributed by atoms with Gasteiger partial charge in [0, 0.05) is 12.5 Å². The summed E-state index contributed by atoms with van der Waals surface area (Å²) in [5, 5.41) is 11.1. The Morgan fingerprint density at radius 2 is 1.81 bits per heavy atom. The highest BCUT2D eigenvalue weighted by Gasteiger charge is 2.57. The largest absolute Gasteiger partial charge is 0.404 e. The molecule has 1 amide bonds. The van der Waals surface area contributed by atoms with E-state index in [2.05, 4.69) is 0 Å². The second-order valence-electron chi connectivity index (χ2n) is 8.96. The van der Waals surface area contributed by atoms with Crippen LogP contribution >= 0.6 is 0 Å². The molecule has 32 heavy (non-hydrogen) atoms. The second kappa shape index (κ2) is 9.86. The van der Waals surface area contributed by atoms with Gasteiger partial charge in [0.05, 0.1) is 24.2 Å². The molecule has 178 valence electrons. The molecule has 1 aliphatic carbocycles. The molecule has 2 aliphatic rings. The van der Waals surface area contributed by atoms with Crippen molar-refractivity contribution in [1.82, 2.24) is 4.90 Å². The van der Waals surface area contributed by atoms with Gasteiger partial charge in [-0.15, -0.1) is 0 Å². The quantitative estimate of drug-likeness (QED) is 0.439. The molecular formula is C22H31F3N4O3. The lowest BCUT2D eigenvalue weighted by Gasteiger charge is -2.40. The average molecular weight is 457 g/mol. The van der Waals surface area contributed by atoms with E-state index in [1.165, 1.54) is 0 Å². The van der Waals surface area contributed by atoms with E-state index in [9.17, 15) is 27.9 Å². The number of carbonyl (C=O) groups excluding carboxylic acids is 2. The topological polar surface area (TPSA) is 136 Å². The van der Waals surface area contributed by atoms with Gasteiger partial charge < -0.3 is 22.3 Å². The molecule has 7 N–H and O–H groups in total. The number of carbonyl (C=O) groups is 2. The number of ketones is 1. The molecule has 7 nitrogen and oxygen atoms in total. The Bertz CT molecular complexity index is 807. The predicted molar refractivity (Wildman–Crippen MR) is 112 cm³/mol. The van der Waals surface area contributed by atoms with Gasteiger partial charge >= 0.3 is 6.18 Å². The van der Waals surface area contributed by atoms with Crippen molar-refractivity contribution >= 4 is 11.7 Å². The zero-order chi connectivity index (χ0) is 23.6. The maximum absolute atomic E-state index is 13.8. The zero-order valence-corrected chi connectivity index (χ0v) is 17.7. The van der Waals surface area contributed by atoms with Crippen molar-refractivity contribution in [3.63, 3.8) is 0 Å². The third-order valence-corrected chi connectivity index (χ3v) is 6.82. The molecule has 10 heteroatoms. The number of benzene rings is 1. The Kier molecular flexibility index (Phi) is 7.59. The molecule has 3 rings (SSSR count). The molecule has 1 aromatic rings. The van der Waals surface area contributed by atoms with Gasteiger partial charge in [0.25, 0.3) is 0 Å². The van der Waals surface area contributed by atoms with E-state index in [4.69, 9.17) is 17.2 Å². The standard InChI is InChI=1S/C22H31F3N4O3/c23-22(24,25)17-10-13-7-4-8-16(13)29(17)21(28)20(32)14(9-12-5-2-1-3-6-12)19(31)15(26)11-18(27)30/h1-3,5-6,13-17,20-21,32H,4,7-11,26,28H2,(H2,27,30)/t13-,14+,15-,16-,17-,20+,21?/m0/s1. The SMILES string of the molecule is NC(=O)C[C@H](N)C(=O)[C@@H](Cc1ccccc1)[C@@H](O)C(N)N1[C@H](C(F)(F)F)C[C@@H]2CCC[C@@H]21. The first-order valence-corrected chi connectivity index (χ1v) is 10.9. The number of hydrogen-bond donors (Lipinski definition) is 4. The minimum atomic E-state index is -4.50. The van der Waals surface area contributed by atoms with E-state index < -0.39 is 60.6 Å². The van der Waals surface area contributed by atoms with Crippen LogP contribution < -0.4 is 17.2 Å². The number of hydrogen-bond acceptors (Lipinski definition) is 6. The van der Waals surface area contributed by atoms with Crippen molar-refractivity contribution in [1.29, 1.82) is 0 Å². The number of fused-ring (bicyclic) bond motifs is 1. The zero-order valence-electron chi connectivity index (χ0n) is 17.7. The third-order valence-electron chi connectivity index (χ3n) is 6.82. The summed E-state index contributed by atoms with van der Waals surface area (Å²) >= 11 is 0. The van der Waals surface area contributed by atoms with Crippen LogP contribution in [0.1, 0.15) is 37.7 Å². The van der Waals surface area contributed by atoms with E-state index in [1.807, 2.05) is 0 Å². The highest BCUT2D eigenvalue weighted by molar-refractivity contribution is 5.91. The molecular weight excluding hydrogens is 425 g/mol. The van der Waals surface area contributed by atoms with Gasteiger partial charge in [-0.25, -0.2) is 0 Å². The summed E-state index contributed by atoms with van der Waals surface area (Å²) in [5.74, 6) is -2.76. The van der Waals surface area contributed by atoms with Gasteiger partial charge in [0.1, 0.15) is 6.04 Å². The lowest BCUT2D eigenvalue weighted by Crippen LogP contribution is -2.61. The van der Waals surface area contributed by atoms with Crippen molar-refractivity contribution in [3.8, 4) is 0 Å². The normalized spacial score (nSPS) is 27.5. The van der Waals surface area contributed by atoms with Crippen LogP contribution in [0.4, 0.5) is 13.2 Å². The van der Waals surface area contributed by atoms with Gasteiger partial charge in [-0.3, -0.25) is 14.5 Å². The Balaban J connectivity index is 1.88. The van der Waals surface area contributed by atoms with Crippen LogP contribution in [-0.2, 0) is 16.0 Å². The van der Waals surface area contributed by atoms with E-state index in [0.717, 1.165) is 11.3 Å². The first-order valence-electron chi connectivity index (χ1n) is 10.9. The van der Waals surface area contributed by atoms with Crippen molar-refractivity contribution in [2.24, 2.45) is 29.0 Å². The predicted octanol–water partition coefficient (Wildman–Crippen LogP) is 1.07. The van der Waals surface area contributed by atoms with E-state index in [1.54, 1.807) is 30.3 Å². The van der Waals surface area contributed by atoms with Gasteiger partial charge in [-0.2, -0.15) is 13.2 Å². The van der Waals surface area contributed by atoms with Crippen molar-refractivity contribution in [2.45, 2.75) is 75.1 Å². The lowest BCUT2D eigenvalue weighted by molar-refractivity contribution is -0.191. The number of aliphatic hydroxyl groups excluding tert-OH is 1. The van der Waals surface area contributed by atoms with Crippen LogP contribution in [0.3, 0.4) is 0 Å². The molecule has 1 aromatic carbocycles. The van der Waals surface area contributed by atoms with Crippen LogP contribution in [0.25, 0.3) is 0 Å². The number of likely N-dealkylation sites (tertiary alicyclic amines) is 1. The summed E-state index contributed by atoms with van der Waals surface area (Å²) < 4.78 is 41.4. The monoisotopic (exact) mass is 456 g/mol. The van der Waals surface area contributed by atoms with Gasteiger partial charge in [0.15, 0.2) is 5.78 Å². The van der Waals surface area contributed by atoms with Crippen LogP contribution in [0.5, 0.6) is 0 Å². The smallest absolute Gasteiger partial charge is 0.389 e. The first kappa shape index (κ1) is 24.6. The number of rotatable bonds is 9. The number of halogens is 3. The van der Waals surface area contributed by atoms with E-state index in [-0.39, 0.29) is 18.8 Å². The number of nitrogens with zero attached hydrogens (tertiary/aromatic N) is 1. The summed E-state index contributed by atoms with van der Waals surface area (Å²) in [6.45, 7) is 0. The molecule has 2 fully saturated rings. The number of nitrogens with two attached hydrogens (primary N) is 3. The fraction of sp³-hybridized carbons (Fsp3) is 0.636. The minimum Gasteiger partial charge on any atom is -0.389 e. The van der Waals surface area contributed by atoms with Crippen molar-refractivity contribution < 1.29 is 27.9 Å². The first-order chi connectivity index (χ1) is 15.0. The molecule has 1 saturated heterocycles. The number of primary amides is 1. The Labute approximate surface area is 185 Å². The average Bonchev–Trinajstić information content (AvgIpc) is 3.32. The molecule has 1 aliphatic heterocycles. The molecule has 1 saturated carbocycles. The molecule has 0 bridgehead atoms. The molecule has 7 atom stereocenters. The molecule has 0 radical (unpaired) electrons. The maximum Gasteiger partial charge on any atom is 0.404 e. The van der Waals surface area contributed by atoms with Crippen LogP contribution in [0, 0.1) is 11.8 Å². The highest BCUT2D eigenvalue weighted by atomic mass is 19.4. The summed E-state index contributed by atoms with van der Waals surface area (Å²) in [6.07, 6.45) is -5.92. The molecule has 0 spiro atoms. The highest BCUT2D eigenvalue weighted by Crippen LogP contribution is 2.47. The third kappa shape index (κ3) is 5.31. The second-order valence-corrected chi connectivity index (χ2v) is 8.96. The van der Waals surface area contributed by atoms with Crippen LogP contribution in [0.15, 0.2) is 30.3 Å². The Hall–Kier alpha value is -2.01. The number of Topliss-reactive ketones (excluding diaryl/α,β-unsaturated/α-hetero) is 1. The van der Waals surface area contributed by atoms with Gasteiger partial charge in [0.2, 0.25) is 5.91 Å². The molecule has 1 unspecified atom stereocenters. The summed E-state index contributed by atoms with van der Waals surface area (Å²) in [4.78, 5) is 25.5. The van der Waals surface area contributed by atoms with Gasteiger partial charge in [-0.05, 0) is 37.2 Å². The maximum atomic E-state index is 13.8. The Morgan fingerprint density at radius 1 is 1.16 bits per heavy atom. The lowest BCUT2D eigenvalue weighted by atomic mass is 9.84. The fourth-order valence-corrected chi connectivity index (χ4v) is 5.32. The summed E-state index contributed by atoms with van der Waals surface area (Å²) in [5.41, 5.74) is 17.9. The van der Waals surface area contributed by atoms with E-state index >= 15 is 0 Å². The summed E-state index contributed by atoms with van der Waals surface area (Å²) in [7, 11) is 0. The van der Waals surface area contributed by atoms with Crippen LogP contribution in [0.2, 0.25) is 0 Å². The van der Waals surface area contributed by atoms with Crippen molar-refractivity contribution in [3.05, 3.63) is 35.9 Å². The van der Waals surface area contributed by atoms with Crippen LogP contribution in [-0.4, -0.2) is 58.3 Å². The Morgan fingerprint density at radius 3 is 2.41 bits per heavy atom.